The highest BCUT2D eigenvalue weighted by atomic mass is 79.9. The number of halogens is 1. The van der Waals surface area contributed by atoms with Crippen LogP contribution >= 0.6 is 27.3 Å². The van der Waals surface area contributed by atoms with Gasteiger partial charge in [0.05, 0.1) is 32.2 Å². The van der Waals surface area contributed by atoms with Crippen LogP contribution in [0, 0.1) is 0 Å². The van der Waals surface area contributed by atoms with E-state index in [0.717, 1.165) is 20.1 Å². The summed E-state index contributed by atoms with van der Waals surface area (Å²) in [6, 6.07) is 7.67. The largest absolute Gasteiger partial charge is 0.462 e. The summed E-state index contributed by atoms with van der Waals surface area (Å²) in [5, 5.41) is 0. The molecule has 2 rings (SSSR count). The molecule has 2 heterocycles. The molecule has 0 unspecified atom stereocenters. The Bertz CT molecular complexity index is 595. The molecule has 0 aliphatic heterocycles. The lowest BCUT2D eigenvalue weighted by atomic mass is 10.1. The molecule has 0 aromatic carbocycles. The average molecular weight is 340 g/mol. The molecular formula is C14H14BrNO2S. The third-order valence-corrected chi connectivity index (χ3v) is 4.28. The van der Waals surface area contributed by atoms with Gasteiger partial charge in [0.25, 0.3) is 0 Å². The number of aromatic nitrogens is 1. The maximum Gasteiger partial charge on any atom is 0.339 e. The van der Waals surface area contributed by atoms with Crippen LogP contribution in [0.3, 0.4) is 0 Å². The van der Waals surface area contributed by atoms with Gasteiger partial charge in [0.15, 0.2) is 0 Å². The summed E-state index contributed by atoms with van der Waals surface area (Å²) in [5.41, 5.74) is 2.23. The topological polar surface area (TPSA) is 39.2 Å². The first kappa shape index (κ1) is 14.2. The van der Waals surface area contributed by atoms with Crippen molar-refractivity contribution in [1.29, 1.82) is 0 Å². The lowest BCUT2D eigenvalue weighted by molar-refractivity contribution is 0.0524. The summed E-state index contributed by atoms with van der Waals surface area (Å²) in [6.45, 7) is 4.16. The molecule has 0 atom stereocenters. The summed E-state index contributed by atoms with van der Waals surface area (Å²) < 4.78 is 6.10. The fraction of sp³-hybridized carbons (Fsp3) is 0.286. The monoisotopic (exact) mass is 339 g/mol. The fourth-order valence-electron chi connectivity index (χ4n) is 1.75. The zero-order valence-electron chi connectivity index (χ0n) is 10.8. The minimum absolute atomic E-state index is 0.300. The van der Waals surface area contributed by atoms with Crippen molar-refractivity contribution in [3.8, 4) is 10.6 Å². The van der Waals surface area contributed by atoms with Crippen LogP contribution in [0.1, 0.15) is 29.9 Å². The Morgan fingerprint density at radius 1 is 1.32 bits per heavy atom. The number of hydrogen-bond donors (Lipinski definition) is 0. The van der Waals surface area contributed by atoms with Gasteiger partial charge < -0.3 is 4.74 Å². The molecule has 0 bridgehead atoms. The van der Waals surface area contributed by atoms with Crippen molar-refractivity contribution in [2.24, 2.45) is 0 Å². The number of nitrogens with zero attached hydrogens (tertiary/aromatic N) is 1. The number of ether oxygens (including phenoxy) is 1. The van der Waals surface area contributed by atoms with Crippen molar-refractivity contribution in [2.45, 2.75) is 20.3 Å². The predicted molar refractivity (Wildman–Crippen MR) is 80.6 cm³/mol. The molecule has 0 saturated carbocycles. The van der Waals surface area contributed by atoms with Crippen molar-refractivity contribution in [3.63, 3.8) is 0 Å². The van der Waals surface area contributed by atoms with Gasteiger partial charge in [-0.3, -0.25) is 4.98 Å². The second kappa shape index (κ2) is 6.30. The first-order chi connectivity index (χ1) is 9.15. The summed E-state index contributed by atoms with van der Waals surface area (Å²) in [5.74, 6) is -0.300. The summed E-state index contributed by atoms with van der Waals surface area (Å²) in [6.07, 6.45) is 0.703. The average Bonchev–Trinajstić information content (AvgIpc) is 2.85. The molecule has 0 aliphatic carbocycles. The Balaban J connectivity index is 2.38. The van der Waals surface area contributed by atoms with E-state index in [4.69, 9.17) is 4.74 Å². The smallest absolute Gasteiger partial charge is 0.339 e. The molecule has 3 nitrogen and oxygen atoms in total. The summed E-state index contributed by atoms with van der Waals surface area (Å²) in [7, 11) is 0. The van der Waals surface area contributed by atoms with E-state index < -0.39 is 0 Å². The fourth-order valence-corrected chi connectivity index (χ4v) is 3.11. The van der Waals surface area contributed by atoms with Gasteiger partial charge in [-0.15, -0.1) is 11.3 Å². The molecule has 0 aliphatic rings. The van der Waals surface area contributed by atoms with Crippen LogP contribution in [-0.4, -0.2) is 17.6 Å². The van der Waals surface area contributed by atoms with Gasteiger partial charge in [-0.25, -0.2) is 4.79 Å². The number of hydrogen-bond acceptors (Lipinski definition) is 4. The van der Waals surface area contributed by atoms with Crippen molar-refractivity contribution in [1.82, 2.24) is 4.98 Å². The second-order valence-electron chi connectivity index (χ2n) is 3.87. The first-order valence-corrected chi connectivity index (χ1v) is 7.69. The van der Waals surface area contributed by atoms with Gasteiger partial charge in [-0.2, -0.15) is 0 Å². The van der Waals surface area contributed by atoms with Gasteiger partial charge in [0, 0.05) is 0 Å². The maximum atomic E-state index is 11.8. The number of carbonyl (C=O) groups excluding carboxylic acids is 1. The zero-order valence-corrected chi connectivity index (χ0v) is 13.2. The quantitative estimate of drug-likeness (QED) is 0.779. The lowest BCUT2D eigenvalue weighted by Gasteiger charge is -2.08. The number of aryl methyl sites for hydroxylation is 1. The van der Waals surface area contributed by atoms with E-state index in [2.05, 4.69) is 20.9 Å². The van der Waals surface area contributed by atoms with E-state index in [1.54, 1.807) is 24.3 Å². The van der Waals surface area contributed by atoms with Gasteiger partial charge in [0.2, 0.25) is 0 Å². The minimum Gasteiger partial charge on any atom is -0.462 e. The van der Waals surface area contributed by atoms with Crippen molar-refractivity contribution in [2.75, 3.05) is 6.61 Å². The second-order valence-corrected chi connectivity index (χ2v) is 6.33. The molecule has 0 amide bonds. The number of rotatable bonds is 4. The van der Waals surface area contributed by atoms with Crippen LogP contribution in [0.5, 0.6) is 0 Å². The van der Waals surface area contributed by atoms with Crippen molar-refractivity contribution < 1.29 is 9.53 Å². The Kier molecular flexibility index (Phi) is 4.71. The Morgan fingerprint density at radius 2 is 2.11 bits per heavy atom. The molecule has 2 aromatic heterocycles. The molecule has 19 heavy (non-hydrogen) atoms. The molecule has 5 heteroatoms. The van der Waals surface area contributed by atoms with E-state index >= 15 is 0 Å². The molecule has 0 radical (unpaired) electrons. The summed E-state index contributed by atoms with van der Waals surface area (Å²) in [4.78, 5) is 17.5. The van der Waals surface area contributed by atoms with Crippen molar-refractivity contribution in [3.05, 3.63) is 39.3 Å². The highest BCUT2D eigenvalue weighted by molar-refractivity contribution is 9.11. The van der Waals surface area contributed by atoms with E-state index in [1.807, 2.05) is 25.1 Å². The molecule has 100 valence electrons. The van der Waals surface area contributed by atoms with E-state index in [-0.39, 0.29) is 5.97 Å². The third kappa shape index (κ3) is 3.22. The van der Waals surface area contributed by atoms with Crippen LogP contribution < -0.4 is 0 Å². The lowest BCUT2D eigenvalue weighted by Crippen LogP contribution is -2.09. The minimum atomic E-state index is -0.300. The van der Waals surface area contributed by atoms with Crippen LogP contribution in [0.25, 0.3) is 10.6 Å². The molecule has 0 spiro atoms. The molecule has 0 saturated heterocycles. The standard InChI is InChI=1S/C14H14BrNO2S/c1-3-10-9(14(17)18-4-2)5-6-11(16-10)12-7-8-13(15)19-12/h5-8H,3-4H2,1-2H3. The van der Waals surface area contributed by atoms with Crippen LogP contribution in [0.2, 0.25) is 0 Å². The van der Waals surface area contributed by atoms with E-state index in [9.17, 15) is 4.79 Å². The Morgan fingerprint density at radius 3 is 2.68 bits per heavy atom. The van der Waals surface area contributed by atoms with Crippen LogP contribution in [0.15, 0.2) is 28.1 Å². The number of pyridine rings is 1. The molecule has 0 N–H and O–H groups in total. The van der Waals surface area contributed by atoms with E-state index in [1.165, 1.54) is 0 Å². The van der Waals surface area contributed by atoms with Gasteiger partial charge in [-0.1, -0.05) is 6.92 Å². The Labute approximate surface area is 124 Å². The van der Waals surface area contributed by atoms with E-state index in [0.29, 0.717) is 18.6 Å². The normalized spacial score (nSPS) is 10.5. The summed E-state index contributed by atoms with van der Waals surface area (Å²) >= 11 is 5.06. The molecular weight excluding hydrogens is 326 g/mol. The first-order valence-electron chi connectivity index (χ1n) is 6.08. The Hall–Kier alpha value is -1.20. The van der Waals surface area contributed by atoms with Gasteiger partial charge in [0.1, 0.15) is 0 Å². The van der Waals surface area contributed by atoms with Gasteiger partial charge >= 0.3 is 5.97 Å². The highest BCUT2D eigenvalue weighted by Crippen LogP contribution is 2.30. The predicted octanol–water partition coefficient (Wildman–Crippen LogP) is 4.31. The van der Waals surface area contributed by atoms with Crippen LogP contribution in [0.4, 0.5) is 0 Å². The zero-order chi connectivity index (χ0) is 13.8. The van der Waals surface area contributed by atoms with Crippen LogP contribution in [-0.2, 0) is 11.2 Å². The van der Waals surface area contributed by atoms with Gasteiger partial charge in [-0.05, 0) is 53.5 Å². The van der Waals surface area contributed by atoms with Crippen molar-refractivity contribution >= 4 is 33.2 Å². The third-order valence-electron chi connectivity index (χ3n) is 2.63. The maximum absolute atomic E-state index is 11.8. The molecule has 2 aromatic rings. The number of thiophene rings is 1. The number of carbonyl (C=O) groups is 1. The SMILES string of the molecule is CCOC(=O)c1ccc(-c2ccc(Br)s2)nc1CC. The molecule has 0 fully saturated rings. The number of esters is 1. The highest BCUT2D eigenvalue weighted by Gasteiger charge is 2.14.